The molecule has 0 amide bonds. The predicted molar refractivity (Wildman–Crippen MR) is 70.6 cm³/mol. The van der Waals surface area contributed by atoms with Crippen LogP contribution in [-0.2, 0) is 0 Å². The summed E-state index contributed by atoms with van der Waals surface area (Å²) in [6.07, 6.45) is 0. The number of rotatable bonds is 2. The van der Waals surface area contributed by atoms with Crippen LogP contribution in [0.2, 0.25) is 0 Å². The van der Waals surface area contributed by atoms with Crippen molar-refractivity contribution in [1.82, 2.24) is 9.97 Å². The third kappa shape index (κ3) is 2.79. The summed E-state index contributed by atoms with van der Waals surface area (Å²) in [5.41, 5.74) is 18.9. The van der Waals surface area contributed by atoms with Gasteiger partial charge in [-0.15, -0.1) is 0 Å². The molecule has 0 spiro atoms. The Morgan fingerprint density at radius 1 is 1.00 bits per heavy atom. The van der Waals surface area contributed by atoms with Gasteiger partial charge in [-0.2, -0.15) is 0 Å². The lowest BCUT2D eigenvalue weighted by Crippen LogP contribution is -1.99. The molecule has 2 rings (SSSR count). The Balaban J connectivity index is 2.31. The van der Waals surface area contributed by atoms with E-state index in [1.807, 2.05) is 25.1 Å². The molecule has 0 radical (unpaired) electrons. The van der Waals surface area contributed by atoms with E-state index in [1.165, 1.54) is 17.8 Å². The highest BCUT2D eigenvalue weighted by atomic mass is 32.2. The van der Waals surface area contributed by atoms with Crippen molar-refractivity contribution in [3.05, 3.63) is 29.8 Å². The van der Waals surface area contributed by atoms with Crippen molar-refractivity contribution in [2.45, 2.75) is 17.0 Å². The number of aromatic nitrogens is 2. The fraction of sp³-hybridized carbons (Fsp3) is 0.0909. The fourth-order valence-electron chi connectivity index (χ4n) is 1.37. The largest absolute Gasteiger partial charge is 0.398 e. The molecule has 1 heterocycles. The zero-order valence-electron chi connectivity index (χ0n) is 9.34. The monoisotopic (exact) mass is 247 g/mol. The van der Waals surface area contributed by atoms with Gasteiger partial charge < -0.3 is 17.2 Å². The molecule has 17 heavy (non-hydrogen) atoms. The average Bonchev–Trinajstić information content (AvgIpc) is 2.21. The molecule has 0 atom stereocenters. The van der Waals surface area contributed by atoms with Gasteiger partial charge in [0.1, 0.15) is 11.6 Å². The smallest absolute Gasteiger partial charge is 0.196 e. The van der Waals surface area contributed by atoms with E-state index >= 15 is 0 Å². The molecular formula is C11H13N5S. The third-order valence-corrected chi connectivity index (χ3v) is 3.07. The number of nitrogen functional groups attached to an aromatic ring is 3. The summed E-state index contributed by atoms with van der Waals surface area (Å²) in [7, 11) is 0. The molecule has 88 valence electrons. The van der Waals surface area contributed by atoms with E-state index < -0.39 is 0 Å². The minimum Gasteiger partial charge on any atom is -0.398 e. The SMILES string of the molecule is Cc1ccc(Sc2nc(N)cc(N)n2)c(N)c1. The zero-order valence-corrected chi connectivity index (χ0v) is 10.2. The van der Waals surface area contributed by atoms with Crippen LogP contribution >= 0.6 is 11.8 Å². The van der Waals surface area contributed by atoms with Crippen LogP contribution in [0.5, 0.6) is 0 Å². The molecule has 6 heteroatoms. The number of hydrogen-bond acceptors (Lipinski definition) is 6. The van der Waals surface area contributed by atoms with E-state index in [9.17, 15) is 0 Å². The summed E-state index contributed by atoms with van der Waals surface area (Å²) in [6, 6.07) is 7.33. The van der Waals surface area contributed by atoms with Gasteiger partial charge in [-0.05, 0) is 36.4 Å². The summed E-state index contributed by atoms with van der Waals surface area (Å²) in [4.78, 5) is 9.06. The molecular weight excluding hydrogens is 234 g/mol. The maximum Gasteiger partial charge on any atom is 0.196 e. The van der Waals surface area contributed by atoms with E-state index in [0.717, 1.165) is 10.5 Å². The number of anilines is 3. The molecule has 5 nitrogen and oxygen atoms in total. The van der Waals surface area contributed by atoms with E-state index in [1.54, 1.807) is 0 Å². The van der Waals surface area contributed by atoms with Crippen LogP contribution in [0, 0.1) is 6.92 Å². The molecule has 0 unspecified atom stereocenters. The first kappa shape index (κ1) is 11.5. The number of hydrogen-bond donors (Lipinski definition) is 3. The summed E-state index contributed by atoms with van der Waals surface area (Å²) in [5.74, 6) is 0.705. The van der Waals surface area contributed by atoms with E-state index in [-0.39, 0.29) is 0 Å². The highest BCUT2D eigenvalue weighted by molar-refractivity contribution is 7.99. The van der Waals surface area contributed by atoms with Gasteiger partial charge >= 0.3 is 0 Å². The number of nitrogens with zero attached hydrogens (tertiary/aromatic N) is 2. The van der Waals surface area contributed by atoms with Crippen molar-refractivity contribution in [2.75, 3.05) is 17.2 Å². The Hall–Kier alpha value is -1.95. The first-order valence-corrected chi connectivity index (χ1v) is 5.80. The molecule has 0 saturated carbocycles. The Bertz CT molecular complexity index is 535. The molecule has 0 fully saturated rings. The minimum atomic E-state index is 0.352. The molecule has 0 saturated heterocycles. The van der Waals surface area contributed by atoms with E-state index in [0.29, 0.717) is 22.5 Å². The van der Waals surface area contributed by atoms with Gasteiger partial charge in [-0.25, -0.2) is 9.97 Å². The van der Waals surface area contributed by atoms with Crippen LogP contribution in [0.25, 0.3) is 0 Å². The van der Waals surface area contributed by atoms with Gasteiger partial charge in [-0.1, -0.05) is 6.07 Å². The molecule has 6 N–H and O–H groups in total. The predicted octanol–water partition coefficient (Wildman–Crippen LogP) is 1.68. The second kappa shape index (κ2) is 4.50. The van der Waals surface area contributed by atoms with Crippen molar-refractivity contribution < 1.29 is 0 Å². The second-order valence-electron chi connectivity index (χ2n) is 3.64. The lowest BCUT2D eigenvalue weighted by Gasteiger charge is -2.06. The highest BCUT2D eigenvalue weighted by Gasteiger charge is 2.06. The van der Waals surface area contributed by atoms with Gasteiger partial charge in [0.2, 0.25) is 0 Å². The number of benzene rings is 1. The minimum absolute atomic E-state index is 0.352. The average molecular weight is 247 g/mol. The second-order valence-corrected chi connectivity index (χ2v) is 4.65. The first-order valence-electron chi connectivity index (χ1n) is 4.98. The Labute approximate surface area is 103 Å². The van der Waals surface area contributed by atoms with Crippen LogP contribution in [0.3, 0.4) is 0 Å². The molecule has 1 aromatic carbocycles. The van der Waals surface area contributed by atoms with Gasteiger partial charge in [0.15, 0.2) is 5.16 Å². The van der Waals surface area contributed by atoms with Gasteiger partial charge in [0.25, 0.3) is 0 Å². The van der Waals surface area contributed by atoms with Crippen molar-refractivity contribution >= 4 is 29.1 Å². The van der Waals surface area contributed by atoms with Crippen molar-refractivity contribution in [3.63, 3.8) is 0 Å². The zero-order chi connectivity index (χ0) is 12.4. The topological polar surface area (TPSA) is 104 Å². The van der Waals surface area contributed by atoms with Crippen LogP contribution in [0.1, 0.15) is 5.56 Å². The molecule has 0 aliphatic rings. The fourth-order valence-corrected chi connectivity index (χ4v) is 2.18. The number of nitrogens with two attached hydrogens (primary N) is 3. The molecule has 0 aliphatic heterocycles. The van der Waals surface area contributed by atoms with Crippen LogP contribution in [0.15, 0.2) is 34.3 Å². The molecule has 0 bridgehead atoms. The Morgan fingerprint density at radius 3 is 2.24 bits per heavy atom. The van der Waals surface area contributed by atoms with Crippen LogP contribution in [-0.4, -0.2) is 9.97 Å². The summed E-state index contributed by atoms with van der Waals surface area (Å²) in [6.45, 7) is 1.99. The number of aryl methyl sites for hydroxylation is 1. The lowest BCUT2D eigenvalue weighted by molar-refractivity contribution is 0.985. The molecule has 0 aliphatic carbocycles. The maximum absolute atomic E-state index is 5.91. The first-order chi connectivity index (χ1) is 8.04. The van der Waals surface area contributed by atoms with Crippen molar-refractivity contribution in [3.8, 4) is 0 Å². The Kier molecular flexibility index (Phi) is 3.06. The van der Waals surface area contributed by atoms with E-state index in [4.69, 9.17) is 17.2 Å². The van der Waals surface area contributed by atoms with Crippen molar-refractivity contribution in [1.29, 1.82) is 0 Å². The normalized spacial score (nSPS) is 10.4. The summed E-state index contributed by atoms with van der Waals surface area (Å²) in [5, 5.41) is 0.498. The van der Waals surface area contributed by atoms with Crippen LogP contribution < -0.4 is 17.2 Å². The van der Waals surface area contributed by atoms with E-state index in [2.05, 4.69) is 9.97 Å². The third-order valence-electron chi connectivity index (χ3n) is 2.11. The van der Waals surface area contributed by atoms with Crippen molar-refractivity contribution in [2.24, 2.45) is 0 Å². The summed E-state index contributed by atoms with van der Waals surface area (Å²) < 4.78 is 0. The van der Waals surface area contributed by atoms with Gasteiger partial charge in [0.05, 0.1) is 0 Å². The van der Waals surface area contributed by atoms with Crippen LogP contribution in [0.4, 0.5) is 17.3 Å². The summed E-state index contributed by atoms with van der Waals surface area (Å²) >= 11 is 1.34. The molecule has 1 aromatic heterocycles. The Morgan fingerprint density at radius 2 is 1.65 bits per heavy atom. The standard InChI is InChI=1S/C11H13N5S/c1-6-2-3-8(7(12)4-6)17-11-15-9(13)5-10(14)16-11/h2-5H,12H2,1H3,(H4,13,14,15,16). The van der Waals surface area contributed by atoms with Gasteiger partial charge in [0, 0.05) is 16.6 Å². The maximum atomic E-state index is 5.91. The quantitative estimate of drug-likeness (QED) is 0.551. The molecule has 2 aromatic rings. The highest BCUT2D eigenvalue weighted by Crippen LogP contribution is 2.31. The lowest BCUT2D eigenvalue weighted by atomic mass is 10.2. The van der Waals surface area contributed by atoms with Gasteiger partial charge in [-0.3, -0.25) is 0 Å².